The highest BCUT2D eigenvalue weighted by Gasteiger charge is 2.43. The molecule has 0 aromatic heterocycles. The Kier molecular flexibility index (Phi) is 2.91. The third-order valence-corrected chi connectivity index (χ3v) is 4.78. The van der Waals surface area contributed by atoms with Crippen LogP contribution in [0.15, 0.2) is 16.6 Å². The zero-order valence-electron chi connectivity index (χ0n) is 9.44. The van der Waals surface area contributed by atoms with Crippen molar-refractivity contribution in [1.82, 2.24) is 0 Å². The lowest BCUT2D eigenvalue weighted by Gasteiger charge is -2.17. The Bertz CT molecular complexity index is 357. The van der Waals surface area contributed by atoms with E-state index in [2.05, 4.69) is 41.9 Å². The third-order valence-electron chi connectivity index (χ3n) is 3.53. The first kappa shape index (κ1) is 11.2. The summed E-state index contributed by atoms with van der Waals surface area (Å²) in [7, 11) is 0. The van der Waals surface area contributed by atoms with Gasteiger partial charge in [0.25, 0.3) is 0 Å². The third kappa shape index (κ3) is 1.98. The lowest BCUT2D eigenvalue weighted by molar-refractivity contribution is 0.628. The van der Waals surface area contributed by atoms with Crippen molar-refractivity contribution in [3.63, 3.8) is 0 Å². The van der Waals surface area contributed by atoms with Gasteiger partial charge in [-0.05, 0) is 61.8 Å². The van der Waals surface area contributed by atoms with Gasteiger partial charge in [0.05, 0.1) is 0 Å². The van der Waals surface area contributed by atoms with Crippen molar-refractivity contribution in [1.29, 1.82) is 0 Å². The van der Waals surface area contributed by atoms with Gasteiger partial charge in [-0.15, -0.1) is 0 Å². The molecule has 0 unspecified atom stereocenters. The quantitative estimate of drug-likeness (QED) is 0.892. The number of rotatable bonds is 3. The van der Waals surface area contributed by atoms with Crippen LogP contribution < -0.4 is 5.73 Å². The first-order valence-electron chi connectivity index (χ1n) is 5.56. The van der Waals surface area contributed by atoms with Gasteiger partial charge in [-0.2, -0.15) is 0 Å². The molecule has 1 aliphatic rings. The van der Waals surface area contributed by atoms with Crippen LogP contribution in [-0.2, 0) is 5.41 Å². The molecule has 2 heteroatoms. The molecule has 2 rings (SSSR count). The summed E-state index contributed by atoms with van der Waals surface area (Å²) in [5.41, 5.74) is 10.3. The Morgan fingerprint density at radius 2 is 1.80 bits per heavy atom. The van der Waals surface area contributed by atoms with Crippen molar-refractivity contribution in [3.8, 4) is 0 Å². The van der Waals surface area contributed by atoms with Gasteiger partial charge in [0.1, 0.15) is 0 Å². The summed E-state index contributed by atoms with van der Waals surface area (Å²) in [4.78, 5) is 0. The Balaban J connectivity index is 2.37. The highest BCUT2D eigenvalue weighted by Crippen LogP contribution is 2.51. The summed E-state index contributed by atoms with van der Waals surface area (Å²) in [6, 6.07) is 4.64. The molecular weight excluding hydrogens is 250 g/mol. The van der Waals surface area contributed by atoms with Gasteiger partial charge < -0.3 is 5.73 Å². The number of hydrogen-bond donors (Lipinski definition) is 1. The van der Waals surface area contributed by atoms with Crippen LogP contribution in [-0.4, -0.2) is 6.54 Å². The fourth-order valence-corrected chi connectivity index (χ4v) is 2.59. The summed E-state index contributed by atoms with van der Waals surface area (Å²) < 4.78 is 1.25. The fourth-order valence-electron chi connectivity index (χ4n) is 2.36. The van der Waals surface area contributed by atoms with Crippen LogP contribution in [0.1, 0.15) is 36.0 Å². The normalized spacial score (nSPS) is 17.9. The van der Waals surface area contributed by atoms with Gasteiger partial charge in [0.2, 0.25) is 0 Å². The van der Waals surface area contributed by atoms with Crippen molar-refractivity contribution in [3.05, 3.63) is 33.3 Å². The van der Waals surface area contributed by atoms with Crippen molar-refractivity contribution in [2.75, 3.05) is 6.54 Å². The molecule has 0 heterocycles. The summed E-state index contributed by atoms with van der Waals surface area (Å²) in [6.07, 6.45) is 3.75. The molecule has 1 aromatic carbocycles. The number of benzene rings is 1. The highest BCUT2D eigenvalue weighted by molar-refractivity contribution is 9.10. The minimum Gasteiger partial charge on any atom is -0.330 e. The fraction of sp³-hybridized carbons (Fsp3) is 0.538. The summed E-state index contributed by atoms with van der Waals surface area (Å²) >= 11 is 3.61. The Morgan fingerprint density at radius 3 is 2.20 bits per heavy atom. The molecule has 15 heavy (non-hydrogen) atoms. The van der Waals surface area contributed by atoms with E-state index in [4.69, 9.17) is 5.73 Å². The van der Waals surface area contributed by atoms with Gasteiger partial charge in [0, 0.05) is 4.47 Å². The molecule has 1 saturated carbocycles. The standard InChI is InChI=1S/C13H18BrN/c1-9-7-11(8-10(2)12(9)14)13(3-4-13)5-6-15/h7-8H,3-6,15H2,1-2H3. The van der Waals surface area contributed by atoms with E-state index >= 15 is 0 Å². The number of hydrogen-bond acceptors (Lipinski definition) is 1. The highest BCUT2D eigenvalue weighted by atomic mass is 79.9. The first-order valence-corrected chi connectivity index (χ1v) is 6.36. The number of nitrogens with two attached hydrogens (primary N) is 1. The van der Waals surface area contributed by atoms with E-state index in [0.717, 1.165) is 13.0 Å². The van der Waals surface area contributed by atoms with Crippen LogP contribution in [0, 0.1) is 13.8 Å². The second kappa shape index (κ2) is 3.91. The molecule has 0 saturated heterocycles. The summed E-state index contributed by atoms with van der Waals surface area (Å²) in [6.45, 7) is 5.13. The largest absolute Gasteiger partial charge is 0.330 e. The second-order valence-electron chi connectivity index (χ2n) is 4.74. The Labute approximate surface area is 100 Å². The van der Waals surface area contributed by atoms with Crippen LogP contribution in [0.3, 0.4) is 0 Å². The Hall–Kier alpha value is -0.340. The monoisotopic (exact) mass is 267 g/mol. The van der Waals surface area contributed by atoms with Gasteiger partial charge in [-0.3, -0.25) is 0 Å². The van der Waals surface area contributed by atoms with E-state index in [9.17, 15) is 0 Å². The van der Waals surface area contributed by atoms with Crippen LogP contribution in [0.2, 0.25) is 0 Å². The zero-order valence-corrected chi connectivity index (χ0v) is 11.0. The first-order chi connectivity index (χ1) is 7.09. The number of halogens is 1. The van der Waals surface area contributed by atoms with E-state index in [1.54, 1.807) is 0 Å². The average molecular weight is 268 g/mol. The molecule has 1 nitrogen and oxygen atoms in total. The predicted molar refractivity (Wildman–Crippen MR) is 68.2 cm³/mol. The van der Waals surface area contributed by atoms with Crippen LogP contribution in [0.5, 0.6) is 0 Å². The minimum absolute atomic E-state index is 0.422. The molecule has 82 valence electrons. The van der Waals surface area contributed by atoms with Crippen molar-refractivity contribution in [2.45, 2.75) is 38.5 Å². The maximum atomic E-state index is 5.69. The van der Waals surface area contributed by atoms with Crippen LogP contribution >= 0.6 is 15.9 Å². The molecule has 1 aromatic rings. The van der Waals surface area contributed by atoms with Gasteiger partial charge in [-0.25, -0.2) is 0 Å². The smallest absolute Gasteiger partial charge is 0.0233 e. The van der Waals surface area contributed by atoms with E-state index < -0.39 is 0 Å². The maximum absolute atomic E-state index is 5.69. The van der Waals surface area contributed by atoms with Gasteiger partial charge in [0.15, 0.2) is 0 Å². The molecule has 0 amide bonds. The van der Waals surface area contributed by atoms with Gasteiger partial charge in [-0.1, -0.05) is 28.1 Å². The summed E-state index contributed by atoms with van der Waals surface area (Å²) in [5.74, 6) is 0. The molecule has 0 spiro atoms. The lowest BCUT2D eigenvalue weighted by Crippen LogP contribution is -2.13. The Morgan fingerprint density at radius 1 is 1.27 bits per heavy atom. The van der Waals surface area contributed by atoms with E-state index in [0.29, 0.717) is 5.41 Å². The lowest BCUT2D eigenvalue weighted by atomic mass is 9.90. The zero-order chi connectivity index (χ0) is 11.1. The molecule has 0 atom stereocenters. The average Bonchev–Trinajstić information content (AvgIpc) is 2.95. The number of aryl methyl sites for hydroxylation is 2. The molecular formula is C13H18BrN. The van der Waals surface area contributed by atoms with Crippen molar-refractivity contribution < 1.29 is 0 Å². The molecule has 0 radical (unpaired) electrons. The molecule has 1 aliphatic carbocycles. The second-order valence-corrected chi connectivity index (χ2v) is 5.54. The van der Waals surface area contributed by atoms with Crippen molar-refractivity contribution >= 4 is 15.9 Å². The maximum Gasteiger partial charge on any atom is 0.0233 e. The molecule has 0 aliphatic heterocycles. The van der Waals surface area contributed by atoms with E-state index in [1.165, 1.54) is 34.0 Å². The van der Waals surface area contributed by atoms with E-state index in [1.807, 2.05) is 0 Å². The molecule has 1 fully saturated rings. The van der Waals surface area contributed by atoms with Gasteiger partial charge >= 0.3 is 0 Å². The summed E-state index contributed by atoms with van der Waals surface area (Å²) in [5, 5.41) is 0. The molecule has 2 N–H and O–H groups in total. The molecule has 0 bridgehead atoms. The van der Waals surface area contributed by atoms with Crippen LogP contribution in [0.25, 0.3) is 0 Å². The van der Waals surface area contributed by atoms with Crippen molar-refractivity contribution in [2.24, 2.45) is 5.73 Å². The van der Waals surface area contributed by atoms with E-state index in [-0.39, 0.29) is 0 Å². The SMILES string of the molecule is Cc1cc(C2(CCN)CC2)cc(C)c1Br. The van der Waals surface area contributed by atoms with Crippen LogP contribution in [0.4, 0.5) is 0 Å². The predicted octanol–water partition coefficient (Wildman–Crippen LogP) is 3.45. The minimum atomic E-state index is 0.422. The topological polar surface area (TPSA) is 26.0 Å².